The number of rotatable bonds is 5. The molecule has 4 heteroatoms. The lowest BCUT2D eigenvalue weighted by atomic mass is 10.3. The molecule has 60 valence electrons. The van der Waals surface area contributed by atoms with Crippen LogP contribution in [0, 0.1) is 0 Å². The summed E-state index contributed by atoms with van der Waals surface area (Å²) >= 11 is 0. The molecule has 0 aliphatic heterocycles. The van der Waals surface area contributed by atoms with Gasteiger partial charge in [-0.25, -0.2) is 0 Å². The van der Waals surface area contributed by atoms with Crippen LogP contribution < -0.4 is 11.1 Å². The van der Waals surface area contributed by atoms with Gasteiger partial charge in [0, 0.05) is 0 Å². The SMILES string of the molecule is C[C@@H](NCCCN)C(=O)O. The molecule has 0 aliphatic carbocycles. The highest BCUT2D eigenvalue weighted by Gasteiger charge is 2.07. The molecule has 0 unspecified atom stereocenters. The second-order valence-electron chi connectivity index (χ2n) is 2.16. The topological polar surface area (TPSA) is 75.3 Å². The monoisotopic (exact) mass is 146 g/mol. The van der Waals surface area contributed by atoms with Gasteiger partial charge in [-0.3, -0.25) is 4.79 Å². The second kappa shape index (κ2) is 5.20. The van der Waals surface area contributed by atoms with Gasteiger partial charge in [0.05, 0.1) is 0 Å². The van der Waals surface area contributed by atoms with Crippen LogP contribution in [-0.4, -0.2) is 30.2 Å². The van der Waals surface area contributed by atoms with Crippen LogP contribution in [0.1, 0.15) is 13.3 Å². The molecule has 0 fully saturated rings. The molecule has 0 heterocycles. The quantitative estimate of drug-likeness (QED) is 0.453. The molecule has 0 aliphatic rings. The molecular formula is C6H14N2O2. The zero-order chi connectivity index (χ0) is 7.98. The van der Waals surface area contributed by atoms with Crippen molar-refractivity contribution in [1.29, 1.82) is 0 Å². The number of aliphatic carboxylic acids is 1. The molecule has 0 saturated heterocycles. The van der Waals surface area contributed by atoms with Gasteiger partial charge in [-0.15, -0.1) is 0 Å². The van der Waals surface area contributed by atoms with Crippen LogP contribution in [0.25, 0.3) is 0 Å². The molecule has 0 rings (SSSR count). The van der Waals surface area contributed by atoms with Crippen LogP contribution in [0.5, 0.6) is 0 Å². The average molecular weight is 146 g/mol. The fourth-order valence-electron chi connectivity index (χ4n) is 0.508. The van der Waals surface area contributed by atoms with Crippen LogP contribution in [0.2, 0.25) is 0 Å². The fraction of sp³-hybridized carbons (Fsp3) is 0.833. The standard InChI is InChI=1S/C6H14N2O2/c1-5(6(9)10)8-4-2-3-7/h5,8H,2-4,7H2,1H3,(H,9,10)/t5-/m1/s1. The van der Waals surface area contributed by atoms with Gasteiger partial charge in [-0.05, 0) is 26.4 Å². The Kier molecular flexibility index (Phi) is 4.88. The van der Waals surface area contributed by atoms with Gasteiger partial charge < -0.3 is 16.2 Å². The predicted octanol–water partition coefficient (Wildman–Crippen LogP) is -0.602. The Balaban J connectivity index is 3.21. The van der Waals surface area contributed by atoms with Gasteiger partial charge in [0.2, 0.25) is 0 Å². The Morgan fingerprint density at radius 1 is 1.80 bits per heavy atom. The lowest BCUT2D eigenvalue weighted by Crippen LogP contribution is -2.34. The first-order chi connectivity index (χ1) is 4.68. The van der Waals surface area contributed by atoms with Crippen molar-refractivity contribution in [3.63, 3.8) is 0 Å². The van der Waals surface area contributed by atoms with E-state index >= 15 is 0 Å². The predicted molar refractivity (Wildman–Crippen MR) is 38.8 cm³/mol. The van der Waals surface area contributed by atoms with E-state index in [2.05, 4.69) is 5.32 Å². The summed E-state index contributed by atoms with van der Waals surface area (Å²) in [7, 11) is 0. The zero-order valence-corrected chi connectivity index (χ0v) is 6.13. The van der Waals surface area contributed by atoms with Crippen molar-refractivity contribution in [3.8, 4) is 0 Å². The van der Waals surface area contributed by atoms with Gasteiger partial charge in [-0.1, -0.05) is 0 Å². The van der Waals surface area contributed by atoms with Crippen molar-refractivity contribution in [1.82, 2.24) is 5.32 Å². The Labute approximate surface area is 60.4 Å². The zero-order valence-electron chi connectivity index (χ0n) is 6.13. The molecule has 0 bridgehead atoms. The van der Waals surface area contributed by atoms with Crippen LogP contribution in [0.4, 0.5) is 0 Å². The highest BCUT2D eigenvalue weighted by molar-refractivity contribution is 5.72. The Morgan fingerprint density at radius 2 is 2.40 bits per heavy atom. The highest BCUT2D eigenvalue weighted by atomic mass is 16.4. The van der Waals surface area contributed by atoms with Crippen LogP contribution >= 0.6 is 0 Å². The molecule has 0 saturated carbocycles. The second-order valence-corrected chi connectivity index (χ2v) is 2.16. The lowest BCUT2D eigenvalue weighted by Gasteiger charge is -2.06. The first-order valence-electron chi connectivity index (χ1n) is 3.34. The van der Waals surface area contributed by atoms with Crippen molar-refractivity contribution >= 4 is 5.97 Å². The van der Waals surface area contributed by atoms with Gasteiger partial charge in [-0.2, -0.15) is 0 Å². The number of carboxylic acids is 1. The summed E-state index contributed by atoms with van der Waals surface area (Å²) in [5.74, 6) is -0.822. The third kappa shape index (κ3) is 4.29. The largest absolute Gasteiger partial charge is 0.480 e. The van der Waals surface area contributed by atoms with E-state index in [-0.39, 0.29) is 0 Å². The number of carboxylic acid groups (broad SMARTS) is 1. The van der Waals surface area contributed by atoms with Crippen molar-refractivity contribution < 1.29 is 9.90 Å². The Hall–Kier alpha value is -0.610. The summed E-state index contributed by atoms with van der Waals surface area (Å²) in [5.41, 5.74) is 5.20. The Morgan fingerprint density at radius 3 is 2.80 bits per heavy atom. The molecule has 0 spiro atoms. The summed E-state index contributed by atoms with van der Waals surface area (Å²) < 4.78 is 0. The van der Waals surface area contributed by atoms with Crippen molar-refractivity contribution in [3.05, 3.63) is 0 Å². The molecule has 0 amide bonds. The number of hydrogen-bond donors (Lipinski definition) is 3. The van der Waals surface area contributed by atoms with Gasteiger partial charge in [0.25, 0.3) is 0 Å². The number of nitrogens with one attached hydrogen (secondary N) is 1. The molecule has 10 heavy (non-hydrogen) atoms. The summed E-state index contributed by atoms with van der Waals surface area (Å²) in [6, 6.07) is -0.466. The molecule has 1 atom stereocenters. The van der Waals surface area contributed by atoms with E-state index in [0.29, 0.717) is 13.1 Å². The van der Waals surface area contributed by atoms with E-state index in [1.807, 2.05) is 0 Å². The summed E-state index contributed by atoms with van der Waals surface area (Å²) in [6.45, 7) is 2.88. The molecule has 0 aromatic carbocycles. The molecule has 0 aromatic heterocycles. The van der Waals surface area contributed by atoms with E-state index in [0.717, 1.165) is 6.42 Å². The smallest absolute Gasteiger partial charge is 0.320 e. The molecule has 4 N–H and O–H groups in total. The first-order valence-corrected chi connectivity index (χ1v) is 3.34. The molecule has 0 aromatic rings. The van der Waals surface area contributed by atoms with E-state index in [1.165, 1.54) is 0 Å². The number of nitrogens with two attached hydrogens (primary N) is 1. The van der Waals surface area contributed by atoms with E-state index in [1.54, 1.807) is 6.92 Å². The maximum Gasteiger partial charge on any atom is 0.320 e. The minimum Gasteiger partial charge on any atom is -0.480 e. The van der Waals surface area contributed by atoms with E-state index < -0.39 is 12.0 Å². The van der Waals surface area contributed by atoms with Gasteiger partial charge in [0.1, 0.15) is 6.04 Å². The van der Waals surface area contributed by atoms with Crippen molar-refractivity contribution in [2.75, 3.05) is 13.1 Å². The third-order valence-electron chi connectivity index (χ3n) is 1.20. The van der Waals surface area contributed by atoms with Crippen molar-refractivity contribution in [2.45, 2.75) is 19.4 Å². The maximum atomic E-state index is 10.2. The van der Waals surface area contributed by atoms with Gasteiger partial charge in [0.15, 0.2) is 0 Å². The highest BCUT2D eigenvalue weighted by Crippen LogP contribution is 1.80. The summed E-state index contributed by atoms with van der Waals surface area (Å²) in [4.78, 5) is 10.2. The minimum atomic E-state index is -0.822. The van der Waals surface area contributed by atoms with Crippen LogP contribution in [0.3, 0.4) is 0 Å². The normalized spacial score (nSPS) is 13.0. The summed E-state index contributed by atoms with van der Waals surface area (Å²) in [5, 5.41) is 11.2. The van der Waals surface area contributed by atoms with E-state index in [4.69, 9.17) is 10.8 Å². The fourth-order valence-corrected chi connectivity index (χ4v) is 0.508. The average Bonchev–Trinajstić information content (AvgIpc) is 1.88. The third-order valence-corrected chi connectivity index (χ3v) is 1.20. The Bertz CT molecular complexity index is 106. The maximum absolute atomic E-state index is 10.2. The van der Waals surface area contributed by atoms with E-state index in [9.17, 15) is 4.79 Å². The minimum absolute atomic E-state index is 0.466. The number of carbonyl (C=O) groups is 1. The summed E-state index contributed by atoms with van der Waals surface area (Å²) in [6.07, 6.45) is 0.817. The molecule has 4 nitrogen and oxygen atoms in total. The lowest BCUT2D eigenvalue weighted by molar-refractivity contribution is -0.138. The van der Waals surface area contributed by atoms with Crippen LogP contribution in [-0.2, 0) is 4.79 Å². The number of hydrogen-bond acceptors (Lipinski definition) is 3. The molecule has 0 radical (unpaired) electrons. The van der Waals surface area contributed by atoms with Crippen LogP contribution in [0.15, 0.2) is 0 Å². The van der Waals surface area contributed by atoms with Gasteiger partial charge >= 0.3 is 5.97 Å². The molecular weight excluding hydrogens is 132 g/mol. The van der Waals surface area contributed by atoms with Crippen molar-refractivity contribution in [2.24, 2.45) is 5.73 Å². The first kappa shape index (κ1) is 9.39.